The molecule has 10 heteroatoms. The minimum absolute atomic E-state index is 0.521. The third-order valence-corrected chi connectivity index (χ3v) is 3.36. The lowest BCUT2D eigenvalue weighted by molar-refractivity contribution is 0.0692. The molecule has 0 saturated heterocycles. The average molecular weight is 265 g/mol. The molecular formula is C7H11N3O6S. The molecule has 1 heterocycles. The maximum absolute atomic E-state index is 11.7. The van der Waals surface area contributed by atoms with Crippen LogP contribution in [0.2, 0.25) is 0 Å². The molecule has 9 nitrogen and oxygen atoms in total. The van der Waals surface area contributed by atoms with Crippen LogP contribution in [-0.2, 0) is 10.0 Å². The molecule has 0 spiro atoms. The molecule has 0 radical (unpaired) electrons. The van der Waals surface area contributed by atoms with E-state index in [0.717, 1.165) is 6.20 Å². The third-order valence-electron chi connectivity index (χ3n) is 1.87. The molecule has 0 atom stereocenters. The summed E-state index contributed by atoms with van der Waals surface area (Å²) in [5.74, 6) is -1.45. The lowest BCUT2D eigenvalue weighted by Gasteiger charge is -2.12. The Morgan fingerprint density at radius 2 is 2.06 bits per heavy atom. The van der Waals surface area contributed by atoms with Crippen molar-refractivity contribution >= 4 is 16.0 Å². The quantitative estimate of drug-likeness (QED) is 0.389. The van der Waals surface area contributed by atoms with Gasteiger partial charge in [-0.05, 0) is 0 Å². The van der Waals surface area contributed by atoms with Crippen LogP contribution < -0.4 is 4.72 Å². The molecule has 0 fully saturated rings. The van der Waals surface area contributed by atoms with E-state index < -0.39 is 45.8 Å². The largest absolute Gasteiger partial charge is 0.478 e. The van der Waals surface area contributed by atoms with Crippen LogP contribution in [0, 0.1) is 0 Å². The molecule has 0 unspecified atom stereocenters. The van der Waals surface area contributed by atoms with Crippen molar-refractivity contribution in [3.8, 4) is 0 Å². The molecule has 96 valence electrons. The van der Waals surface area contributed by atoms with Crippen LogP contribution >= 0.6 is 0 Å². The number of aromatic nitrogens is 2. The summed E-state index contributed by atoms with van der Waals surface area (Å²) in [5, 5.41) is 30.9. The van der Waals surface area contributed by atoms with E-state index in [1.807, 2.05) is 9.82 Å². The van der Waals surface area contributed by atoms with E-state index in [0.29, 0.717) is 0 Å². The normalized spacial score (nSPS) is 11.9. The van der Waals surface area contributed by atoms with E-state index in [-0.39, 0.29) is 0 Å². The molecule has 5 N–H and O–H groups in total. The second kappa shape index (κ2) is 5.23. The number of nitrogens with zero attached hydrogens (tertiary/aromatic N) is 1. The van der Waals surface area contributed by atoms with Gasteiger partial charge in [-0.3, -0.25) is 5.10 Å². The fourth-order valence-electron chi connectivity index (χ4n) is 1.04. The molecule has 1 aromatic heterocycles. The first-order chi connectivity index (χ1) is 7.92. The molecular weight excluding hydrogens is 254 g/mol. The summed E-state index contributed by atoms with van der Waals surface area (Å²) in [5.41, 5.74) is -0.521. The summed E-state index contributed by atoms with van der Waals surface area (Å²) in [7, 11) is -4.18. The summed E-state index contributed by atoms with van der Waals surface area (Å²) >= 11 is 0. The van der Waals surface area contributed by atoms with Gasteiger partial charge in [-0.25, -0.2) is 17.9 Å². The van der Waals surface area contributed by atoms with Crippen LogP contribution in [-0.4, -0.2) is 59.2 Å². The van der Waals surface area contributed by atoms with Gasteiger partial charge in [-0.15, -0.1) is 0 Å². The Hall–Kier alpha value is -1.49. The van der Waals surface area contributed by atoms with Crippen LogP contribution in [0.5, 0.6) is 0 Å². The lowest BCUT2D eigenvalue weighted by Crippen LogP contribution is -2.40. The van der Waals surface area contributed by atoms with Crippen molar-refractivity contribution in [1.82, 2.24) is 14.9 Å². The van der Waals surface area contributed by atoms with Gasteiger partial charge in [-0.2, -0.15) is 5.10 Å². The second-order valence-electron chi connectivity index (χ2n) is 3.10. The van der Waals surface area contributed by atoms with Crippen LogP contribution in [0.15, 0.2) is 11.2 Å². The number of aromatic carboxylic acids is 1. The first-order valence-electron chi connectivity index (χ1n) is 4.43. The van der Waals surface area contributed by atoms with Gasteiger partial charge in [0.2, 0.25) is 0 Å². The first kappa shape index (κ1) is 13.6. The number of aliphatic hydroxyl groups is 2. The maximum atomic E-state index is 11.7. The van der Waals surface area contributed by atoms with E-state index >= 15 is 0 Å². The zero-order valence-electron chi connectivity index (χ0n) is 8.49. The molecule has 0 aliphatic heterocycles. The Morgan fingerprint density at radius 3 is 2.53 bits per heavy atom. The summed E-state index contributed by atoms with van der Waals surface area (Å²) in [6.07, 6.45) is 0.851. The molecule has 1 rings (SSSR count). The van der Waals surface area contributed by atoms with Gasteiger partial charge in [0.1, 0.15) is 5.56 Å². The van der Waals surface area contributed by atoms with E-state index in [2.05, 4.69) is 5.10 Å². The summed E-state index contributed by atoms with van der Waals surface area (Å²) in [6, 6.07) is -1.11. The topological polar surface area (TPSA) is 153 Å². The molecule has 0 aromatic carbocycles. The third kappa shape index (κ3) is 3.00. The van der Waals surface area contributed by atoms with Crippen molar-refractivity contribution in [3.63, 3.8) is 0 Å². The van der Waals surface area contributed by atoms with Crippen molar-refractivity contribution < 1.29 is 28.5 Å². The number of aromatic amines is 1. The number of H-pyrrole nitrogens is 1. The van der Waals surface area contributed by atoms with Crippen molar-refractivity contribution in [3.05, 3.63) is 11.8 Å². The molecule has 1 aromatic rings. The van der Waals surface area contributed by atoms with E-state index in [4.69, 9.17) is 15.3 Å². The molecule has 17 heavy (non-hydrogen) atoms. The molecule has 0 aliphatic carbocycles. The van der Waals surface area contributed by atoms with E-state index in [9.17, 15) is 13.2 Å². The fraction of sp³-hybridized carbons (Fsp3) is 0.429. The number of carbonyl (C=O) groups is 1. The van der Waals surface area contributed by atoms with Gasteiger partial charge in [0.15, 0.2) is 5.03 Å². The second-order valence-corrected chi connectivity index (χ2v) is 4.75. The van der Waals surface area contributed by atoms with Gasteiger partial charge in [0, 0.05) is 0 Å². The van der Waals surface area contributed by atoms with Gasteiger partial charge in [0.05, 0.1) is 25.5 Å². The first-order valence-corrected chi connectivity index (χ1v) is 5.91. The summed E-state index contributed by atoms with van der Waals surface area (Å²) in [4.78, 5) is 10.7. The van der Waals surface area contributed by atoms with E-state index in [1.54, 1.807) is 0 Å². The Balaban J connectivity index is 3.05. The van der Waals surface area contributed by atoms with Crippen molar-refractivity contribution in [2.45, 2.75) is 11.1 Å². The monoisotopic (exact) mass is 265 g/mol. The minimum atomic E-state index is -4.18. The number of hydrogen-bond acceptors (Lipinski definition) is 6. The number of carboxylic acids is 1. The van der Waals surface area contributed by atoms with Gasteiger partial charge < -0.3 is 15.3 Å². The Morgan fingerprint density at radius 1 is 1.47 bits per heavy atom. The number of carboxylic acid groups (broad SMARTS) is 1. The zero-order valence-corrected chi connectivity index (χ0v) is 9.31. The summed E-state index contributed by atoms with van der Waals surface area (Å²) < 4.78 is 25.3. The molecule has 0 amide bonds. The smallest absolute Gasteiger partial charge is 0.340 e. The van der Waals surface area contributed by atoms with Crippen molar-refractivity contribution in [2.75, 3.05) is 13.2 Å². The summed E-state index contributed by atoms with van der Waals surface area (Å²) in [6.45, 7) is -1.24. The highest BCUT2D eigenvalue weighted by Crippen LogP contribution is 2.11. The van der Waals surface area contributed by atoms with Crippen LogP contribution in [0.25, 0.3) is 0 Å². The Kier molecular flexibility index (Phi) is 4.17. The highest BCUT2D eigenvalue weighted by atomic mass is 32.2. The molecule has 0 saturated carbocycles. The Bertz CT molecular complexity index is 491. The highest BCUT2D eigenvalue weighted by Gasteiger charge is 2.26. The number of sulfonamides is 1. The lowest BCUT2D eigenvalue weighted by atomic mass is 10.4. The van der Waals surface area contributed by atoms with Gasteiger partial charge >= 0.3 is 5.97 Å². The van der Waals surface area contributed by atoms with Crippen molar-refractivity contribution in [1.29, 1.82) is 0 Å². The molecule has 0 aliphatic rings. The predicted octanol–water partition coefficient (Wildman–Crippen LogP) is -2.26. The van der Waals surface area contributed by atoms with Crippen LogP contribution in [0.4, 0.5) is 0 Å². The zero-order chi connectivity index (χ0) is 13.1. The van der Waals surface area contributed by atoms with Crippen molar-refractivity contribution in [2.24, 2.45) is 0 Å². The van der Waals surface area contributed by atoms with Gasteiger partial charge in [-0.1, -0.05) is 0 Å². The number of hydrogen-bond donors (Lipinski definition) is 5. The minimum Gasteiger partial charge on any atom is -0.478 e. The predicted molar refractivity (Wildman–Crippen MR) is 53.8 cm³/mol. The number of aliphatic hydroxyl groups excluding tert-OH is 2. The van der Waals surface area contributed by atoms with Crippen LogP contribution in [0.1, 0.15) is 10.4 Å². The van der Waals surface area contributed by atoms with Gasteiger partial charge in [0.25, 0.3) is 10.0 Å². The highest BCUT2D eigenvalue weighted by molar-refractivity contribution is 7.89. The maximum Gasteiger partial charge on any atom is 0.340 e. The average Bonchev–Trinajstić information content (AvgIpc) is 2.75. The Labute approximate surface area is 96.1 Å². The number of nitrogens with one attached hydrogen (secondary N) is 2. The standard InChI is InChI=1S/C7H11N3O6S/c11-2-4(3-12)10-17(15,16)6-5(7(13)14)1-8-9-6/h1,4,10-12H,2-3H2,(H,8,9)(H,13,14). The van der Waals surface area contributed by atoms with E-state index in [1.165, 1.54) is 0 Å². The SMILES string of the molecule is O=C(O)c1cn[nH]c1S(=O)(=O)NC(CO)CO. The fourth-order valence-corrected chi connectivity index (χ4v) is 2.35. The molecule has 0 bridgehead atoms. The number of rotatable bonds is 6. The van der Waals surface area contributed by atoms with Crippen LogP contribution in [0.3, 0.4) is 0 Å².